The van der Waals surface area contributed by atoms with Gasteiger partial charge in [0.05, 0.1) is 6.10 Å². The van der Waals surface area contributed by atoms with Gasteiger partial charge in [-0.25, -0.2) is 0 Å². The predicted molar refractivity (Wildman–Crippen MR) is 90.1 cm³/mol. The van der Waals surface area contributed by atoms with Gasteiger partial charge in [0.1, 0.15) is 5.75 Å². The number of nitrogen functional groups attached to an aromatic ring is 1. The minimum absolute atomic E-state index is 0.0763. The summed E-state index contributed by atoms with van der Waals surface area (Å²) in [7, 11) is 0. The summed E-state index contributed by atoms with van der Waals surface area (Å²) in [6.45, 7) is 6.04. The van der Waals surface area contributed by atoms with E-state index in [-0.39, 0.29) is 12.1 Å². The second-order valence-electron chi connectivity index (χ2n) is 5.34. The fourth-order valence-electron chi connectivity index (χ4n) is 2.20. The molecule has 4 heteroatoms. The number of ether oxygens (including phenoxy) is 1. The molecule has 2 rings (SSSR count). The average molecular weight is 305 g/mol. The van der Waals surface area contributed by atoms with Crippen molar-refractivity contribution in [2.75, 3.05) is 11.1 Å². The van der Waals surface area contributed by atoms with Crippen LogP contribution in [0.2, 0.25) is 5.02 Å². The molecule has 0 spiro atoms. The molecule has 3 N–H and O–H groups in total. The van der Waals surface area contributed by atoms with E-state index in [1.54, 1.807) is 0 Å². The van der Waals surface area contributed by atoms with Gasteiger partial charge in [-0.2, -0.15) is 0 Å². The first-order valence-corrected chi connectivity index (χ1v) is 7.41. The molecule has 0 radical (unpaired) electrons. The number of rotatable bonds is 5. The van der Waals surface area contributed by atoms with Crippen LogP contribution in [0.3, 0.4) is 0 Å². The van der Waals surface area contributed by atoms with Gasteiger partial charge in [0.25, 0.3) is 0 Å². The Morgan fingerprint density at radius 1 is 1.10 bits per heavy atom. The molecule has 0 aliphatic carbocycles. The first kappa shape index (κ1) is 15.5. The van der Waals surface area contributed by atoms with Crippen LogP contribution in [0.5, 0.6) is 5.75 Å². The Kier molecular flexibility index (Phi) is 4.97. The Balaban J connectivity index is 2.19. The van der Waals surface area contributed by atoms with Gasteiger partial charge in [0, 0.05) is 34.6 Å². The van der Waals surface area contributed by atoms with Crippen LogP contribution in [-0.2, 0) is 0 Å². The van der Waals surface area contributed by atoms with Crippen LogP contribution < -0.4 is 15.8 Å². The van der Waals surface area contributed by atoms with Crippen molar-refractivity contribution >= 4 is 23.0 Å². The zero-order valence-corrected chi connectivity index (χ0v) is 13.3. The second kappa shape index (κ2) is 6.72. The summed E-state index contributed by atoms with van der Waals surface area (Å²) < 4.78 is 5.70. The first-order valence-electron chi connectivity index (χ1n) is 7.04. The number of hydrogen-bond donors (Lipinski definition) is 2. The summed E-state index contributed by atoms with van der Waals surface area (Å²) in [6.07, 6.45) is 0.112. The molecule has 2 aromatic carbocycles. The van der Waals surface area contributed by atoms with E-state index in [0.29, 0.717) is 5.69 Å². The third-order valence-electron chi connectivity index (χ3n) is 3.06. The topological polar surface area (TPSA) is 47.3 Å². The van der Waals surface area contributed by atoms with Gasteiger partial charge >= 0.3 is 0 Å². The third kappa shape index (κ3) is 4.30. The Morgan fingerprint density at radius 2 is 1.81 bits per heavy atom. The standard InChI is InChI=1S/C17H21ClN2O/c1-11(2)21-15-9-13(19)8-14(10-15)20-12(3)16-6-4-5-7-17(16)18/h4-12,20H,19H2,1-3H3. The maximum Gasteiger partial charge on any atom is 0.123 e. The maximum atomic E-state index is 6.23. The third-order valence-corrected chi connectivity index (χ3v) is 3.40. The molecule has 0 aliphatic heterocycles. The van der Waals surface area contributed by atoms with Gasteiger partial charge in [-0.15, -0.1) is 0 Å². The number of nitrogens with two attached hydrogens (primary N) is 1. The van der Waals surface area contributed by atoms with Crippen LogP contribution in [0.25, 0.3) is 0 Å². The van der Waals surface area contributed by atoms with E-state index in [1.807, 2.05) is 56.3 Å². The van der Waals surface area contributed by atoms with Crippen molar-refractivity contribution in [3.8, 4) is 5.75 Å². The van der Waals surface area contributed by atoms with Crippen molar-refractivity contribution in [1.82, 2.24) is 0 Å². The van der Waals surface area contributed by atoms with E-state index >= 15 is 0 Å². The van der Waals surface area contributed by atoms with Crippen LogP contribution in [0.4, 0.5) is 11.4 Å². The highest BCUT2D eigenvalue weighted by Crippen LogP contribution is 2.29. The van der Waals surface area contributed by atoms with E-state index in [2.05, 4.69) is 12.2 Å². The highest BCUT2D eigenvalue weighted by atomic mass is 35.5. The average Bonchev–Trinajstić information content (AvgIpc) is 2.37. The van der Waals surface area contributed by atoms with E-state index in [9.17, 15) is 0 Å². The van der Waals surface area contributed by atoms with Gasteiger partial charge in [0.2, 0.25) is 0 Å². The van der Waals surface area contributed by atoms with Gasteiger partial charge in [-0.1, -0.05) is 29.8 Å². The van der Waals surface area contributed by atoms with Crippen molar-refractivity contribution < 1.29 is 4.74 Å². The lowest BCUT2D eigenvalue weighted by Crippen LogP contribution is -2.09. The van der Waals surface area contributed by atoms with Gasteiger partial charge in [0.15, 0.2) is 0 Å². The summed E-state index contributed by atoms with van der Waals surface area (Å²) in [4.78, 5) is 0. The summed E-state index contributed by atoms with van der Waals surface area (Å²) in [5.41, 5.74) is 8.57. The fraction of sp³-hybridized carbons (Fsp3) is 0.294. The quantitative estimate of drug-likeness (QED) is 0.774. The Bertz CT molecular complexity index is 613. The fourth-order valence-corrected chi connectivity index (χ4v) is 2.50. The number of anilines is 2. The second-order valence-corrected chi connectivity index (χ2v) is 5.75. The van der Waals surface area contributed by atoms with E-state index in [1.165, 1.54) is 0 Å². The van der Waals surface area contributed by atoms with E-state index in [4.69, 9.17) is 22.1 Å². The molecule has 112 valence electrons. The molecule has 0 bridgehead atoms. The molecule has 0 amide bonds. The molecule has 0 aliphatic rings. The molecule has 0 heterocycles. The highest BCUT2D eigenvalue weighted by molar-refractivity contribution is 6.31. The molecule has 0 saturated carbocycles. The van der Waals surface area contributed by atoms with E-state index in [0.717, 1.165) is 22.0 Å². The van der Waals surface area contributed by atoms with Crippen molar-refractivity contribution in [1.29, 1.82) is 0 Å². The Labute approximate surface area is 131 Å². The van der Waals surface area contributed by atoms with Crippen molar-refractivity contribution in [2.45, 2.75) is 32.9 Å². The van der Waals surface area contributed by atoms with Crippen LogP contribution in [0.1, 0.15) is 32.4 Å². The summed E-state index contributed by atoms with van der Waals surface area (Å²) >= 11 is 6.23. The predicted octanol–water partition coefficient (Wildman–Crippen LogP) is 4.88. The monoisotopic (exact) mass is 304 g/mol. The van der Waals surface area contributed by atoms with E-state index < -0.39 is 0 Å². The first-order chi connectivity index (χ1) is 9.95. The molecule has 2 aromatic rings. The number of halogens is 1. The molecule has 0 saturated heterocycles. The lowest BCUT2D eigenvalue weighted by molar-refractivity contribution is 0.242. The van der Waals surface area contributed by atoms with Crippen molar-refractivity contribution in [3.05, 3.63) is 53.1 Å². The zero-order chi connectivity index (χ0) is 15.4. The minimum atomic E-state index is 0.0763. The molecule has 1 unspecified atom stereocenters. The molecule has 3 nitrogen and oxygen atoms in total. The molecular weight excluding hydrogens is 284 g/mol. The largest absolute Gasteiger partial charge is 0.491 e. The Hall–Kier alpha value is -1.87. The van der Waals surface area contributed by atoms with Crippen LogP contribution in [0, 0.1) is 0 Å². The number of hydrogen-bond acceptors (Lipinski definition) is 3. The summed E-state index contributed by atoms with van der Waals surface area (Å²) in [6, 6.07) is 13.5. The molecule has 1 atom stereocenters. The highest BCUT2D eigenvalue weighted by Gasteiger charge is 2.10. The Morgan fingerprint density at radius 3 is 2.48 bits per heavy atom. The minimum Gasteiger partial charge on any atom is -0.491 e. The van der Waals surface area contributed by atoms with Crippen molar-refractivity contribution in [2.24, 2.45) is 0 Å². The van der Waals surface area contributed by atoms with Crippen molar-refractivity contribution in [3.63, 3.8) is 0 Å². The number of benzene rings is 2. The smallest absolute Gasteiger partial charge is 0.123 e. The zero-order valence-electron chi connectivity index (χ0n) is 12.6. The molecule has 0 aromatic heterocycles. The SMILES string of the molecule is CC(C)Oc1cc(N)cc(NC(C)c2ccccc2Cl)c1. The molecular formula is C17H21ClN2O. The summed E-state index contributed by atoms with van der Waals surface area (Å²) in [5, 5.41) is 4.16. The van der Waals surface area contributed by atoms with Gasteiger partial charge in [-0.05, 0) is 38.5 Å². The molecule has 0 fully saturated rings. The van der Waals surface area contributed by atoms with Gasteiger partial charge in [-0.3, -0.25) is 0 Å². The number of nitrogens with one attached hydrogen (secondary N) is 1. The van der Waals surface area contributed by atoms with Gasteiger partial charge < -0.3 is 15.8 Å². The maximum absolute atomic E-state index is 6.23. The van der Waals surface area contributed by atoms with Crippen LogP contribution >= 0.6 is 11.6 Å². The van der Waals surface area contributed by atoms with Crippen LogP contribution in [-0.4, -0.2) is 6.10 Å². The lowest BCUT2D eigenvalue weighted by atomic mass is 10.1. The lowest BCUT2D eigenvalue weighted by Gasteiger charge is -2.19. The normalized spacial score (nSPS) is 12.2. The van der Waals surface area contributed by atoms with Crippen LogP contribution in [0.15, 0.2) is 42.5 Å². The molecule has 21 heavy (non-hydrogen) atoms. The summed E-state index contributed by atoms with van der Waals surface area (Å²) in [5.74, 6) is 0.763.